The van der Waals surface area contributed by atoms with E-state index in [1.54, 1.807) is 0 Å². The first-order valence-corrected chi connectivity index (χ1v) is 7.34. The summed E-state index contributed by atoms with van der Waals surface area (Å²) in [5.41, 5.74) is 5.02. The molecule has 0 aliphatic carbocycles. The molecule has 0 unspecified atom stereocenters. The van der Waals surface area contributed by atoms with Crippen molar-refractivity contribution in [2.75, 3.05) is 12.3 Å². The van der Waals surface area contributed by atoms with Gasteiger partial charge in [-0.1, -0.05) is 20.8 Å². The fraction of sp³-hybridized carbons (Fsp3) is 1.00. The van der Waals surface area contributed by atoms with Crippen LogP contribution in [-0.2, 0) is 10.0 Å². The minimum absolute atomic E-state index is 0.0345. The van der Waals surface area contributed by atoms with Gasteiger partial charge in [-0.25, -0.2) is 13.1 Å². The lowest BCUT2D eigenvalue weighted by Gasteiger charge is -2.26. The highest BCUT2D eigenvalue weighted by molar-refractivity contribution is 7.89. The second-order valence-electron chi connectivity index (χ2n) is 6.15. The molecule has 0 saturated heterocycles. The zero-order chi connectivity index (χ0) is 13.0. The standard InChI is InChI=1S/C11H26N2O2S/c1-10(2,3)7-9-16(14,15)13-11(4,5)6-8-12/h13H,6-9,12H2,1-5H3. The summed E-state index contributed by atoms with van der Waals surface area (Å²) in [6, 6.07) is 0. The van der Waals surface area contributed by atoms with Crippen LogP contribution in [0.1, 0.15) is 47.5 Å². The maximum atomic E-state index is 11.8. The third kappa shape index (κ3) is 8.07. The molecule has 0 amide bonds. The lowest BCUT2D eigenvalue weighted by atomic mass is 9.94. The topological polar surface area (TPSA) is 72.2 Å². The first kappa shape index (κ1) is 15.9. The van der Waals surface area contributed by atoms with Crippen molar-refractivity contribution in [3.63, 3.8) is 0 Å². The van der Waals surface area contributed by atoms with Crippen LogP contribution < -0.4 is 10.5 Å². The van der Waals surface area contributed by atoms with Crippen molar-refractivity contribution in [3.8, 4) is 0 Å². The maximum Gasteiger partial charge on any atom is 0.212 e. The smallest absolute Gasteiger partial charge is 0.212 e. The second kappa shape index (κ2) is 5.47. The maximum absolute atomic E-state index is 11.8. The molecule has 0 radical (unpaired) electrons. The molecule has 0 aliphatic rings. The third-order valence-electron chi connectivity index (χ3n) is 2.32. The number of rotatable bonds is 6. The van der Waals surface area contributed by atoms with Crippen LogP contribution in [0.25, 0.3) is 0 Å². The molecular formula is C11H26N2O2S. The van der Waals surface area contributed by atoms with E-state index in [0.29, 0.717) is 19.4 Å². The summed E-state index contributed by atoms with van der Waals surface area (Å²) in [6.45, 7) is 10.3. The van der Waals surface area contributed by atoms with Gasteiger partial charge in [-0.2, -0.15) is 0 Å². The molecule has 0 spiro atoms. The van der Waals surface area contributed by atoms with Crippen molar-refractivity contribution < 1.29 is 8.42 Å². The highest BCUT2D eigenvalue weighted by Crippen LogP contribution is 2.19. The van der Waals surface area contributed by atoms with Crippen LogP contribution in [0.4, 0.5) is 0 Å². The van der Waals surface area contributed by atoms with Gasteiger partial charge in [0.15, 0.2) is 0 Å². The number of nitrogens with two attached hydrogens (primary N) is 1. The average molecular weight is 250 g/mol. The van der Waals surface area contributed by atoms with E-state index in [1.165, 1.54) is 0 Å². The Morgan fingerprint density at radius 2 is 1.56 bits per heavy atom. The van der Waals surface area contributed by atoms with Gasteiger partial charge < -0.3 is 5.73 Å². The molecule has 0 aliphatic heterocycles. The van der Waals surface area contributed by atoms with E-state index in [9.17, 15) is 8.42 Å². The van der Waals surface area contributed by atoms with Crippen LogP contribution in [0.15, 0.2) is 0 Å². The predicted molar refractivity (Wildman–Crippen MR) is 68.7 cm³/mol. The lowest BCUT2D eigenvalue weighted by Crippen LogP contribution is -2.45. The van der Waals surface area contributed by atoms with E-state index in [1.807, 2.05) is 34.6 Å². The van der Waals surface area contributed by atoms with Gasteiger partial charge in [-0.3, -0.25) is 0 Å². The first-order valence-electron chi connectivity index (χ1n) is 5.69. The van der Waals surface area contributed by atoms with Gasteiger partial charge in [0.25, 0.3) is 0 Å². The van der Waals surface area contributed by atoms with Crippen molar-refractivity contribution >= 4 is 10.0 Å². The lowest BCUT2D eigenvalue weighted by molar-refractivity contribution is 0.389. The molecular weight excluding hydrogens is 224 g/mol. The SMILES string of the molecule is CC(C)(C)CCS(=O)(=O)NC(C)(C)CCN. The Morgan fingerprint density at radius 3 is 1.94 bits per heavy atom. The summed E-state index contributed by atoms with van der Waals surface area (Å²) in [7, 11) is -3.20. The van der Waals surface area contributed by atoms with Gasteiger partial charge in [-0.05, 0) is 38.6 Å². The Kier molecular flexibility index (Phi) is 5.42. The van der Waals surface area contributed by atoms with E-state index in [4.69, 9.17) is 5.73 Å². The Hall–Kier alpha value is -0.130. The second-order valence-corrected chi connectivity index (χ2v) is 8.00. The van der Waals surface area contributed by atoms with Gasteiger partial charge in [0, 0.05) is 5.54 Å². The molecule has 0 aromatic rings. The third-order valence-corrected chi connectivity index (χ3v) is 3.93. The molecule has 0 saturated carbocycles. The molecule has 0 fully saturated rings. The molecule has 0 aromatic heterocycles. The number of nitrogens with one attached hydrogen (secondary N) is 1. The normalized spacial score (nSPS) is 14.1. The monoisotopic (exact) mass is 250 g/mol. The van der Waals surface area contributed by atoms with E-state index in [0.717, 1.165) is 0 Å². The summed E-state index contributed by atoms with van der Waals surface area (Å²) in [6.07, 6.45) is 1.29. The van der Waals surface area contributed by atoms with Crippen LogP contribution in [0, 0.1) is 5.41 Å². The van der Waals surface area contributed by atoms with Crippen LogP contribution >= 0.6 is 0 Å². The molecule has 3 N–H and O–H groups in total. The fourth-order valence-electron chi connectivity index (χ4n) is 1.32. The zero-order valence-corrected chi connectivity index (χ0v) is 11.9. The quantitative estimate of drug-likeness (QED) is 0.750. The number of hydrogen-bond acceptors (Lipinski definition) is 3. The highest BCUT2D eigenvalue weighted by Gasteiger charge is 2.25. The van der Waals surface area contributed by atoms with Crippen molar-refractivity contribution in [2.24, 2.45) is 11.1 Å². The van der Waals surface area contributed by atoms with E-state index in [2.05, 4.69) is 4.72 Å². The van der Waals surface area contributed by atoms with Gasteiger partial charge in [0.2, 0.25) is 10.0 Å². The summed E-state index contributed by atoms with van der Waals surface area (Å²) in [5, 5.41) is 0. The van der Waals surface area contributed by atoms with E-state index in [-0.39, 0.29) is 11.2 Å². The molecule has 98 valence electrons. The molecule has 5 heteroatoms. The van der Waals surface area contributed by atoms with Crippen LogP contribution in [0.2, 0.25) is 0 Å². The van der Waals surface area contributed by atoms with Crippen LogP contribution in [0.5, 0.6) is 0 Å². The zero-order valence-electron chi connectivity index (χ0n) is 11.1. The molecule has 4 nitrogen and oxygen atoms in total. The molecule has 0 aromatic carbocycles. The van der Waals surface area contributed by atoms with Crippen LogP contribution in [0.3, 0.4) is 0 Å². The summed E-state index contributed by atoms with van der Waals surface area (Å²) in [4.78, 5) is 0. The van der Waals surface area contributed by atoms with Crippen molar-refractivity contribution in [3.05, 3.63) is 0 Å². The number of sulfonamides is 1. The minimum Gasteiger partial charge on any atom is -0.330 e. The fourth-order valence-corrected chi connectivity index (χ4v) is 3.25. The van der Waals surface area contributed by atoms with Gasteiger partial charge in [0.05, 0.1) is 5.75 Å². The predicted octanol–water partition coefficient (Wildman–Crippen LogP) is 1.47. The summed E-state index contributed by atoms with van der Waals surface area (Å²) in [5.74, 6) is 0.171. The Morgan fingerprint density at radius 1 is 1.06 bits per heavy atom. The van der Waals surface area contributed by atoms with Crippen molar-refractivity contribution in [1.29, 1.82) is 0 Å². The van der Waals surface area contributed by atoms with Gasteiger partial charge >= 0.3 is 0 Å². The van der Waals surface area contributed by atoms with Gasteiger partial charge in [0.1, 0.15) is 0 Å². The average Bonchev–Trinajstić information content (AvgIpc) is 1.97. The Balaban J connectivity index is 4.36. The first-order chi connectivity index (χ1) is 6.97. The highest BCUT2D eigenvalue weighted by atomic mass is 32.2. The van der Waals surface area contributed by atoms with Gasteiger partial charge in [-0.15, -0.1) is 0 Å². The molecule has 0 bridgehead atoms. The number of hydrogen-bond donors (Lipinski definition) is 2. The van der Waals surface area contributed by atoms with E-state index < -0.39 is 15.6 Å². The molecule has 0 atom stereocenters. The molecule has 16 heavy (non-hydrogen) atoms. The van der Waals surface area contributed by atoms with E-state index >= 15 is 0 Å². The van der Waals surface area contributed by atoms with Crippen LogP contribution in [-0.4, -0.2) is 26.3 Å². The van der Waals surface area contributed by atoms with Crippen molar-refractivity contribution in [1.82, 2.24) is 4.72 Å². The summed E-state index contributed by atoms with van der Waals surface area (Å²) >= 11 is 0. The Bertz CT molecular complexity index is 302. The molecule has 0 rings (SSSR count). The minimum atomic E-state index is -3.20. The summed E-state index contributed by atoms with van der Waals surface area (Å²) < 4.78 is 26.3. The Labute approximate surface area is 100 Å². The largest absolute Gasteiger partial charge is 0.330 e. The van der Waals surface area contributed by atoms with Crippen molar-refractivity contribution in [2.45, 2.75) is 53.0 Å². The molecule has 0 heterocycles.